The molecule has 0 aliphatic carbocycles. The summed E-state index contributed by atoms with van der Waals surface area (Å²) >= 11 is 1.21. The van der Waals surface area contributed by atoms with Gasteiger partial charge in [-0.25, -0.2) is 13.4 Å². The van der Waals surface area contributed by atoms with Gasteiger partial charge < -0.3 is 4.90 Å². The number of hydrogen-bond donors (Lipinski definition) is 1. The molecule has 1 aliphatic rings. The first-order chi connectivity index (χ1) is 14.0. The highest BCUT2D eigenvalue weighted by Crippen LogP contribution is 2.32. The molecule has 1 amide bonds. The van der Waals surface area contributed by atoms with E-state index in [0.717, 1.165) is 24.8 Å². The number of anilines is 1. The molecule has 150 valence electrons. The summed E-state index contributed by atoms with van der Waals surface area (Å²) in [4.78, 5) is 19.1. The van der Waals surface area contributed by atoms with Gasteiger partial charge in [-0.15, -0.1) is 11.3 Å². The molecule has 3 aromatic rings. The Bertz CT molecular complexity index is 1070. The average Bonchev–Trinajstić information content (AvgIpc) is 3.26. The zero-order chi connectivity index (χ0) is 20.3. The van der Waals surface area contributed by atoms with Gasteiger partial charge in [0.05, 0.1) is 10.9 Å². The van der Waals surface area contributed by atoms with Crippen molar-refractivity contribution in [2.75, 3.05) is 11.3 Å². The molecule has 2 heterocycles. The highest BCUT2D eigenvalue weighted by atomic mass is 32.2. The average molecular weight is 428 g/mol. The van der Waals surface area contributed by atoms with E-state index in [2.05, 4.69) is 21.8 Å². The second-order valence-corrected chi connectivity index (χ2v) is 9.46. The summed E-state index contributed by atoms with van der Waals surface area (Å²) in [5.41, 5.74) is 1.62. The first kappa shape index (κ1) is 19.6. The summed E-state index contributed by atoms with van der Waals surface area (Å²) in [6.45, 7) is 0.698. The Morgan fingerprint density at radius 3 is 2.52 bits per heavy atom. The van der Waals surface area contributed by atoms with Crippen molar-refractivity contribution in [3.05, 3.63) is 77.3 Å². The third kappa shape index (κ3) is 4.33. The summed E-state index contributed by atoms with van der Waals surface area (Å²) in [7, 11) is -3.73. The van der Waals surface area contributed by atoms with Crippen LogP contribution >= 0.6 is 11.3 Å². The van der Waals surface area contributed by atoms with Gasteiger partial charge in [0.15, 0.2) is 5.13 Å². The van der Waals surface area contributed by atoms with E-state index in [1.165, 1.54) is 29.7 Å². The van der Waals surface area contributed by atoms with Crippen molar-refractivity contribution in [1.82, 2.24) is 9.88 Å². The van der Waals surface area contributed by atoms with Crippen LogP contribution in [0.15, 0.2) is 71.1 Å². The van der Waals surface area contributed by atoms with Crippen molar-refractivity contribution < 1.29 is 13.2 Å². The lowest BCUT2D eigenvalue weighted by atomic mass is 9.94. The Morgan fingerprint density at radius 2 is 1.83 bits per heavy atom. The van der Waals surface area contributed by atoms with E-state index in [1.807, 2.05) is 23.1 Å². The van der Waals surface area contributed by atoms with Crippen molar-refractivity contribution >= 4 is 32.4 Å². The number of aromatic nitrogens is 1. The van der Waals surface area contributed by atoms with Crippen molar-refractivity contribution in [1.29, 1.82) is 0 Å². The molecule has 8 heteroatoms. The van der Waals surface area contributed by atoms with Gasteiger partial charge in [-0.3, -0.25) is 9.52 Å². The Balaban J connectivity index is 1.54. The van der Waals surface area contributed by atoms with Crippen LogP contribution in [0.2, 0.25) is 0 Å². The van der Waals surface area contributed by atoms with Gasteiger partial charge >= 0.3 is 0 Å². The number of carbonyl (C=O) groups is 1. The van der Waals surface area contributed by atoms with E-state index >= 15 is 0 Å². The minimum atomic E-state index is -3.73. The third-order valence-electron chi connectivity index (χ3n) is 5.01. The predicted molar refractivity (Wildman–Crippen MR) is 113 cm³/mol. The molecule has 6 nitrogen and oxygen atoms in total. The summed E-state index contributed by atoms with van der Waals surface area (Å²) in [6.07, 6.45) is 4.52. The molecule has 0 radical (unpaired) electrons. The number of benzene rings is 2. The van der Waals surface area contributed by atoms with Crippen molar-refractivity contribution in [3.8, 4) is 0 Å². The fourth-order valence-corrected chi connectivity index (χ4v) is 5.38. The topological polar surface area (TPSA) is 79.4 Å². The van der Waals surface area contributed by atoms with E-state index in [1.54, 1.807) is 17.5 Å². The van der Waals surface area contributed by atoms with E-state index in [9.17, 15) is 13.2 Å². The number of amides is 1. The number of likely N-dealkylation sites (tertiary alicyclic amines) is 1. The summed E-state index contributed by atoms with van der Waals surface area (Å²) in [6, 6.07) is 16.2. The highest BCUT2D eigenvalue weighted by Gasteiger charge is 2.28. The minimum absolute atomic E-state index is 0.0485. The predicted octanol–water partition coefficient (Wildman–Crippen LogP) is 4.31. The van der Waals surface area contributed by atoms with Gasteiger partial charge in [0.25, 0.3) is 15.9 Å². The molecule has 1 unspecified atom stereocenters. The quantitative estimate of drug-likeness (QED) is 0.658. The number of nitrogens with one attached hydrogen (secondary N) is 1. The molecule has 1 saturated heterocycles. The number of piperidine rings is 1. The van der Waals surface area contributed by atoms with E-state index in [0.29, 0.717) is 17.2 Å². The van der Waals surface area contributed by atoms with Crippen LogP contribution in [0.25, 0.3) is 0 Å². The number of hydrogen-bond acceptors (Lipinski definition) is 5. The summed E-state index contributed by atoms with van der Waals surface area (Å²) in [5.74, 6) is -0.0737. The van der Waals surface area contributed by atoms with Crippen LogP contribution in [0, 0.1) is 0 Å². The Labute approximate surface area is 174 Å². The standard InChI is InChI=1S/C21H21N3O3S2/c25-20(24-14-5-4-8-19(24)16-6-2-1-3-7-16)17-9-11-18(12-10-17)29(26,27)23-21-22-13-15-28-21/h1-3,6-7,9-13,15,19H,4-5,8,14H2,(H,22,23). The highest BCUT2D eigenvalue weighted by molar-refractivity contribution is 7.93. The maximum Gasteiger partial charge on any atom is 0.263 e. The number of carbonyl (C=O) groups excluding carboxylic acids is 1. The lowest BCUT2D eigenvalue weighted by molar-refractivity contribution is 0.0611. The fourth-order valence-electron chi connectivity index (χ4n) is 3.59. The Morgan fingerprint density at radius 1 is 1.07 bits per heavy atom. The van der Waals surface area contributed by atoms with E-state index in [-0.39, 0.29) is 16.8 Å². The SMILES string of the molecule is O=C(c1ccc(S(=O)(=O)Nc2nccs2)cc1)N1CCCCC1c1ccccc1. The molecule has 0 saturated carbocycles. The van der Waals surface area contributed by atoms with Crippen LogP contribution in [-0.4, -0.2) is 30.8 Å². The van der Waals surface area contributed by atoms with Gasteiger partial charge in [0.1, 0.15) is 0 Å². The second kappa shape index (κ2) is 8.34. The Hall–Kier alpha value is -2.71. The van der Waals surface area contributed by atoms with Crippen LogP contribution in [0.3, 0.4) is 0 Å². The first-order valence-corrected chi connectivity index (χ1v) is 11.8. The molecule has 1 fully saturated rings. The summed E-state index contributed by atoms with van der Waals surface area (Å²) in [5, 5.41) is 2.01. The van der Waals surface area contributed by atoms with Gasteiger partial charge in [0.2, 0.25) is 0 Å². The summed E-state index contributed by atoms with van der Waals surface area (Å²) < 4.78 is 27.4. The zero-order valence-corrected chi connectivity index (χ0v) is 17.3. The van der Waals surface area contributed by atoms with Crippen molar-refractivity contribution in [2.24, 2.45) is 0 Å². The largest absolute Gasteiger partial charge is 0.332 e. The lowest BCUT2D eigenvalue weighted by Crippen LogP contribution is -2.38. The third-order valence-corrected chi connectivity index (χ3v) is 7.19. The second-order valence-electron chi connectivity index (χ2n) is 6.89. The Kier molecular flexibility index (Phi) is 5.64. The molecule has 4 rings (SSSR count). The van der Waals surface area contributed by atoms with E-state index in [4.69, 9.17) is 0 Å². The number of thiazole rings is 1. The van der Waals surface area contributed by atoms with Gasteiger partial charge in [-0.2, -0.15) is 0 Å². The first-order valence-electron chi connectivity index (χ1n) is 9.43. The molecule has 0 spiro atoms. The molecule has 1 aliphatic heterocycles. The molecule has 1 aromatic heterocycles. The van der Waals surface area contributed by atoms with Crippen LogP contribution in [0.1, 0.15) is 41.2 Å². The fraction of sp³-hybridized carbons (Fsp3) is 0.238. The van der Waals surface area contributed by atoms with Crippen molar-refractivity contribution in [3.63, 3.8) is 0 Å². The minimum Gasteiger partial charge on any atom is -0.332 e. The van der Waals surface area contributed by atoms with Gasteiger partial charge in [-0.05, 0) is 49.1 Å². The van der Waals surface area contributed by atoms with Crippen molar-refractivity contribution in [2.45, 2.75) is 30.2 Å². The molecule has 1 atom stereocenters. The van der Waals surface area contributed by atoms with Crippen LogP contribution in [0.4, 0.5) is 5.13 Å². The maximum atomic E-state index is 13.2. The van der Waals surface area contributed by atoms with Gasteiger partial charge in [0, 0.05) is 23.7 Å². The number of rotatable bonds is 5. The normalized spacial score (nSPS) is 17.1. The maximum absolute atomic E-state index is 13.2. The van der Waals surface area contributed by atoms with Crippen LogP contribution < -0.4 is 4.72 Å². The zero-order valence-electron chi connectivity index (χ0n) is 15.7. The van der Waals surface area contributed by atoms with E-state index < -0.39 is 10.0 Å². The smallest absolute Gasteiger partial charge is 0.263 e. The molecular formula is C21H21N3O3S2. The van der Waals surface area contributed by atoms with Crippen LogP contribution in [0.5, 0.6) is 0 Å². The molecule has 29 heavy (non-hydrogen) atoms. The number of nitrogens with zero attached hydrogens (tertiary/aromatic N) is 2. The number of sulfonamides is 1. The molecule has 2 aromatic carbocycles. The van der Waals surface area contributed by atoms with Gasteiger partial charge in [-0.1, -0.05) is 30.3 Å². The molecule has 1 N–H and O–H groups in total. The molecule has 0 bridgehead atoms. The van der Waals surface area contributed by atoms with Crippen LogP contribution in [-0.2, 0) is 10.0 Å². The monoisotopic (exact) mass is 427 g/mol. The molecular weight excluding hydrogens is 406 g/mol. The lowest BCUT2D eigenvalue weighted by Gasteiger charge is -2.36.